The average molecular weight is 361 g/mol. The first-order chi connectivity index (χ1) is 11.9. The van der Waals surface area contributed by atoms with Crippen LogP contribution in [0.15, 0.2) is 42.7 Å². The van der Waals surface area contributed by atoms with Crippen LogP contribution in [0.1, 0.15) is 24.0 Å². The van der Waals surface area contributed by atoms with Crippen molar-refractivity contribution in [2.45, 2.75) is 31.8 Å². The van der Waals surface area contributed by atoms with Crippen molar-refractivity contribution in [3.8, 4) is 0 Å². The molecule has 2 heterocycles. The van der Waals surface area contributed by atoms with Crippen LogP contribution < -0.4 is 0 Å². The first-order valence-corrected chi connectivity index (χ1v) is 10.3. The predicted octanol–water partition coefficient (Wildman–Crippen LogP) is 1.57. The van der Waals surface area contributed by atoms with Crippen molar-refractivity contribution in [2.75, 3.05) is 11.5 Å². The van der Waals surface area contributed by atoms with Crippen molar-refractivity contribution in [1.82, 2.24) is 14.7 Å². The van der Waals surface area contributed by atoms with Crippen LogP contribution in [0.2, 0.25) is 0 Å². The molecule has 1 amide bonds. The van der Waals surface area contributed by atoms with Gasteiger partial charge < -0.3 is 4.90 Å². The lowest BCUT2D eigenvalue weighted by Crippen LogP contribution is -2.40. The first kappa shape index (κ1) is 17.7. The van der Waals surface area contributed by atoms with Crippen molar-refractivity contribution in [1.29, 1.82) is 0 Å². The van der Waals surface area contributed by atoms with Crippen molar-refractivity contribution >= 4 is 15.7 Å². The van der Waals surface area contributed by atoms with Crippen LogP contribution >= 0.6 is 0 Å². The molecule has 0 unspecified atom stereocenters. The van der Waals surface area contributed by atoms with Crippen molar-refractivity contribution < 1.29 is 13.2 Å². The topological polar surface area (TPSA) is 72.3 Å². The molecule has 6 nitrogen and oxygen atoms in total. The van der Waals surface area contributed by atoms with Gasteiger partial charge in [0.05, 0.1) is 17.7 Å². The fourth-order valence-corrected chi connectivity index (χ4v) is 4.95. The summed E-state index contributed by atoms with van der Waals surface area (Å²) in [6.45, 7) is 0.451. The minimum Gasteiger partial charge on any atom is -0.334 e. The summed E-state index contributed by atoms with van der Waals surface area (Å²) in [5, 5.41) is 4.12. The van der Waals surface area contributed by atoms with E-state index >= 15 is 0 Å². The lowest BCUT2D eigenvalue weighted by atomic mass is 10.1. The molecule has 7 heteroatoms. The summed E-state index contributed by atoms with van der Waals surface area (Å²) in [4.78, 5) is 14.6. The van der Waals surface area contributed by atoms with Gasteiger partial charge in [-0.15, -0.1) is 0 Å². The first-order valence-electron chi connectivity index (χ1n) is 8.44. The highest BCUT2D eigenvalue weighted by molar-refractivity contribution is 7.91. The number of hydrogen-bond donors (Lipinski definition) is 0. The summed E-state index contributed by atoms with van der Waals surface area (Å²) in [5.74, 6) is 0.229. The zero-order valence-corrected chi connectivity index (χ0v) is 15.2. The second kappa shape index (κ2) is 7.39. The van der Waals surface area contributed by atoms with Crippen molar-refractivity contribution in [3.63, 3.8) is 0 Å². The van der Waals surface area contributed by atoms with E-state index in [1.807, 2.05) is 43.6 Å². The van der Waals surface area contributed by atoms with Crippen LogP contribution in [-0.4, -0.2) is 46.6 Å². The van der Waals surface area contributed by atoms with Gasteiger partial charge in [-0.2, -0.15) is 5.10 Å². The molecular weight excluding hydrogens is 338 g/mol. The molecule has 0 bridgehead atoms. The Balaban J connectivity index is 1.71. The standard InChI is InChI=1S/C18H23N3O3S/c1-20-12-16(11-19-20)7-8-18(22)21(13-15-5-3-2-4-6-15)17-9-10-25(23,24)14-17/h2-6,11-12,17H,7-10,13-14H2,1H3/t17-/m1/s1. The number of carbonyl (C=O) groups is 1. The summed E-state index contributed by atoms with van der Waals surface area (Å²) in [7, 11) is -1.19. The van der Waals surface area contributed by atoms with Crippen LogP contribution in [0.4, 0.5) is 0 Å². The molecule has 1 aromatic carbocycles. The molecule has 2 aromatic rings. The van der Waals surface area contributed by atoms with Crippen LogP contribution in [0.3, 0.4) is 0 Å². The predicted molar refractivity (Wildman–Crippen MR) is 95.6 cm³/mol. The Hall–Kier alpha value is -2.15. The smallest absolute Gasteiger partial charge is 0.223 e. The monoisotopic (exact) mass is 361 g/mol. The van der Waals surface area contributed by atoms with Gasteiger partial charge in [-0.3, -0.25) is 9.48 Å². The Bertz CT molecular complexity index is 830. The lowest BCUT2D eigenvalue weighted by Gasteiger charge is -2.28. The molecule has 1 aliphatic heterocycles. The third-order valence-electron chi connectivity index (χ3n) is 4.55. The molecule has 0 saturated carbocycles. The fraction of sp³-hybridized carbons (Fsp3) is 0.444. The highest BCUT2D eigenvalue weighted by Crippen LogP contribution is 2.21. The Kier molecular flexibility index (Phi) is 5.22. The van der Waals surface area contributed by atoms with Crippen LogP contribution in [0.5, 0.6) is 0 Å². The van der Waals surface area contributed by atoms with E-state index in [4.69, 9.17) is 0 Å². The lowest BCUT2D eigenvalue weighted by molar-refractivity contribution is -0.133. The SMILES string of the molecule is Cn1cc(CCC(=O)N(Cc2ccccc2)[C@@H]2CCS(=O)(=O)C2)cn1. The maximum atomic E-state index is 12.8. The van der Waals surface area contributed by atoms with Gasteiger partial charge in [0.25, 0.3) is 0 Å². The van der Waals surface area contributed by atoms with E-state index in [0.29, 0.717) is 25.8 Å². The molecule has 1 aliphatic rings. The largest absolute Gasteiger partial charge is 0.334 e. The normalized spacial score (nSPS) is 19.0. The van der Waals surface area contributed by atoms with Gasteiger partial charge in [0, 0.05) is 32.3 Å². The maximum Gasteiger partial charge on any atom is 0.223 e. The Morgan fingerprint density at radius 3 is 2.64 bits per heavy atom. The molecule has 3 rings (SSSR count). The van der Waals surface area contributed by atoms with Gasteiger partial charge in [-0.25, -0.2) is 8.42 Å². The van der Waals surface area contributed by atoms with Gasteiger partial charge in [-0.1, -0.05) is 30.3 Å². The minimum absolute atomic E-state index is 0.00481. The second-order valence-corrected chi connectivity index (χ2v) is 8.82. The molecule has 1 atom stereocenters. The van der Waals surface area contributed by atoms with E-state index < -0.39 is 9.84 Å². The summed E-state index contributed by atoms with van der Waals surface area (Å²) in [5.41, 5.74) is 2.02. The quantitative estimate of drug-likeness (QED) is 0.783. The molecule has 134 valence electrons. The number of hydrogen-bond acceptors (Lipinski definition) is 4. The average Bonchev–Trinajstić information content (AvgIpc) is 3.16. The Morgan fingerprint density at radius 2 is 2.04 bits per heavy atom. The highest BCUT2D eigenvalue weighted by atomic mass is 32.2. The summed E-state index contributed by atoms with van der Waals surface area (Å²) in [6, 6.07) is 9.48. The maximum absolute atomic E-state index is 12.8. The van der Waals surface area contributed by atoms with Crippen molar-refractivity contribution in [2.24, 2.45) is 7.05 Å². The van der Waals surface area contributed by atoms with Gasteiger partial charge in [0.1, 0.15) is 0 Å². The zero-order chi connectivity index (χ0) is 17.9. The molecule has 1 fully saturated rings. The number of amides is 1. The van der Waals surface area contributed by atoms with E-state index in [1.165, 1.54) is 0 Å². The summed E-state index contributed by atoms with van der Waals surface area (Å²) >= 11 is 0. The van der Waals surface area contributed by atoms with Gasteiger partial charge in [0.2, 0.25) is 5.91 Å². The molecule has 0 spiro atoms. The number of aryl methyl sites for hydroxylation is 2. The van der Waals surface area contributed by atoms with Crippen LogP contribution in [0, 0.1) is 0 Å². The molecule has 0 radical (unpaired) electrons. The number of carbonyl (C=O) groups excluding carboxylic acids is 1. The number of benzene rings is 1. The fourth-order valence-electron chi connectivity index (χ4n) is 3.22. The van der Waals surface area contributed by atoms with Crippen LogP contribution in [-0.2, 0) is 34.6 Å². The number of aromatic nitrogens is 2. The van der Waals surface area contributed by atoms with Gasteiger partial charge >= 0.3 is 0 Å². The number of rotatable bonds is 6. The Morgan fingerprint density at radius 1 is 1.28 bits per heavy atom. The van der Waals surface area contributed by atoms with E-state index in [2.05, 4.69) is 5.10 Å². The number of nitrogens with zero attached hydrogens (tertiary/aromatic N) is 3. The third-order valence-corrected chi connectivity index (χ3v) is 6.30. The highest BCUT2D eigenvalue weighted by Gasteiger charge is 2.34. The minimum atomic E-state index is -3.04. The summed E-state index contributed by atoms with van der Waals surface area (Å²) < 4.78 is 25.4. The van der Waals surface area contributed by atoms with E-state index in [9.17, 15) is 13.2 Å². The van der Waals surface area contributed by atoms with Gasteiger partial charge in [0.15, 0.2) is 9.84 Å². The van der Waals surface area contributed by atoms with Gasteiger partial charge in [-0.05, 0) is 24.0 Å². The molecule has 1 saturated heterocycles. The molecule has 25 heavy (non-hydrogen) atoms. The van der Waals surface area contributed by atoms with E-state index in [0.717, 1.165) is 11.1 Å². The van der Waals surface area contributed by atoms with E-state index in [-0.39, 0.29) is 23.5 Å². The molecule has 0 aliphatic carbocycles. The second-order valence-electron chi connectivity index (χ2n) is 6.59. The molecule has 1 aromatic heterocycles. The molecule has 0 N–H and O–H groups in total. The van der Waals surface area contributed by atoms with E-state index in [1.54, 1.807) is 15.8 Å². The van der Waals surface area contributed by atoms with Crippen LogP contribution in [0.25, 0.3) is 0 Å². The Labute approximate surface area is 148 Å². The number of sulfone groups is 1. The molecular formula is C18H23N3O3S. The van der Waals surface area contributed by atoms with Crippen molar-refractivity contribution in [3.05, 3.63) is 53.9 Å². The third kappa shape index (κ3) is 4.69. The summed E-state index contributed by atoms with van der Waals surface area (Å²) in [6.07, 6.45) is 5.14. The zero-order valence-electron chi connectivity index (χ0n) is 14.3.